The third-order valence-corrected chi connectivity index (χ3v) is 12.2. The molecule has 0 nitrogen and oxygen atoms in total. The van der Waals surface area contributed by atoms with E-state index in [1.807, 2.05) is 0 Å². The standard InChI is InChI=1S/C59H40/c1-5-17-40(18-6-1)42-29-33-46(34-30-42)55-49-25-13-14-26-50(49)56(47-35-31-43(32-36-47)41-19-7-2-8-20-41)54-39-48(37-38-53(54)55)59-57(44-21-9-3-10-22-44)51-27-15-16-28-52(51)58(59)45-23-11-4-12-24-45/h1-39,57H. The van der Waals surface area contributed by atoms with E-state index in [4.69, 9.17) is 0 Å². The minimum absolute atomic E-state index is 0.0825. The Labute approximate surface area is 346 Å². The molecule has 0 heterocycles. The molecule has 1 unspecified atom stereocenters. The van der Waals surface area contributed by atoms with E-state index in [-0.39, 0.29) is 5.92 Å². The molecule has 0 aromatic heterocycles. The van der Waals surface area contributed by atoms with E-state index in [2.05, 4.69) is 237 Å². The Kier molecular flexibility index (Phi) is 8.68. The van der Waals surface area contributed by atoms with E-state index in [0.717, 1.165) is 0 Å². The van der Waals surface area contributed by atoms with Crippen LogP contribution in [0.5, 0.6) is 0 Å². The third-order valence-electron chi connectivity index (χ3n) is 12.2. The van der Waals surface area contributed by atoms with Crippen molar-refractivity contribution < 1.29 is 0 Å². The lowest BCUT2D eigenvalue weighted by atomic mass is 9.81. The largest absolute Gasteiger partial charge is 0.0622 e. The molecular weight excluding hydrogens is 709 g/mol. The van der Waals surface area contributed by atoms with Gasteiger partial charge in [-0.05, 0) is 111 Å². The summed E-state index contributed by atoms with van der Waals surface area (Å²) in [6, 6.07) is 87.0. The molecule has 0 N–H and O–H groups in total. The number of benzene rings is 10. The minimum atomic E-state index is 0.0825. The topological polar surface area (TPSA) is 0 Å². The van der Waals surface area contributed by atoms with Crippen molar-refractivity contribution in [3.63, 3.8) is 0 Å². The van der Waals surface area contributed by atoms with Gasteiger partial charge in [0.1, 0.15) is 0 Å². The van der Waals surface area contributed by atoms with Crippen molar-refractivity contribution in [1.29, 1.82) is 0 Å². The van der Waals surface area contributed by atoms with E-state index in [9.17, 15) is 0 Å². The van der Waals surface area contributed by atoms with Crippen LogP contribution < -0.4 is 0 Å². The Morgan fingerprint density at radius 1 is 0.254 bits per heavy atom. The molecule has 0 spiro atoms. The highest BCUT2D eigenvalue weighted by Gasteiger charge is 2.34. The summed E-state index contributed by atoms with van der Waals surface area (Å²) in [4.78, 5) is 0. The molecule has 59 heavy (non-hydrogen) atoms. The maximum Gasteiger partial charge on any atom is 0.0358 e. The maximum absolute atomic E-state index is 2.50. The van der Waals surface area contributed by atoms with Gasteiger partial charge in [-0.1, -0.05) is 231 Å². The zero-order valence-corrected chi connectivity index (χ0v) is 32.6. The molecule has 1 aliphatic rings. The quantitative estimate of drug-likeness (QED) is 0.142. The van der Waals surface area contributed by atoms with Gasteiger partial charge in [-0.3, -0.25) is 0 Å². The Hall–Kier alpha value is -7.54. The number of fused-ring (bicyclic) bond motifs is 3. The molecule has 1 aliphatic carbocycles. The summed E-state index contributed by atoms with van der Waals surface area (Å²) in [6.07, 6.45) is 0. The first-order chi connectivity index (χ1) is 29.3. The Morgan fingerprint density at radius 2 is 0.644 bits per heavy atom. The lowest BCUT2D eigenvalue weighted by Gasteiger charge is -2.22. The first-order valence-corrected chi connectivity index (χ1v) is 20.5. The first kappa shape index (κ1) is 34.7. The first-order valence-electron chi connectivity index (χ1n) is 20.5. The van der Waals surface area contributed by atoms with Crippen molar-refractivity contribution in [1.82, 2.24) is 0 Å². The fourth-order valence-corrected chi connectivity index (χ4v) is 9.53. The molecule has 0 aliphatic heterocycles. The van der Waals surface area contributed by atoms with Crippen molar-refractivity contribution in [2.75, 3.05) is 0 Å². The van der Waals surface area contributed by atoms with Gasteiger partial charge in [0.2, 0.25) is 0 Å². The number of rotatable bonds is 7. The number of hydrogen-bond acceptors (Lipinski definition) is 0. The van der Waals surface area contributed by atoms with Crippen LogP contribution in [0.25, 0.3) is 77.2 Å². The summed E-state index contributed by atoms with van der Waals surface area (Å²) in [7, 11) is 0. The molecule has 11 rings (SSSR count). The van der Waals surface area contributed by atoms with Crippen LogP contribution in [0.3, 0.4) is 0 Å². The second-order valence-corrected chi connectivity index (χ2v) is 15.5. The molecule has 0 saturated carbocycles. The van der Waals surface area contributed by atoms with E-state index in [1.54, 1.807) is 0 Å². The summed E-state index contributed by atoms with van der Waals surface area (Å²) in [5, 5.41) is 4.99. The molecular formula is C59H40. The summed E-state index contributed by atoms with van der Waals surface area (Å²) >= 11 is 0. The molecule has 10 aromatic carbocycles. The van der Waals surface area contributed by atoms with Gasteiger partial charge in [-0.2, -0.15) is 0 Å². The van der Waals surface area contributed by atoms with Gasteiger partial charge in [0.05, 0.1) is 0 Å². The fourth-order valence-electron chi connectivity index (χ4n) is 9.53. The highest BCUT2D eigenvalue weighted by molar-refractivity contribution is 6.22. The van der Waals surface area contributed by atoms with Crippen molar-refractivity contribution in [2.45, 2.75) is 5.92 Å². The van der Waals surface area contributed by atoms with Crippen molar-refractivity contribution in [3.05, 3.63) is 264 Å². The van der Waals surface area contributed by atoms with Gasteiger partial charge < -0.3 is 0 Å². The molecule has 10 aromatic rings. The van der Waals surface area contributed by atoms with E-state index < -0.39 is 0 Å². The molecule has 0 saturated heterocycles. The summed E-state index contributed by atoms with van der Waals surface area (Å²) in [6.45, 7) is 0. The SMILES string of the molecule is c1ccc(C2=C(c3ccc4c(-c5ccc(-c6ccccc6)cc5)c5ccccc5c(-c5ccc(-c6ccccc6)cc5)c4c3)C(c3ccccc3)c3ccccc32)cc1. The minimum Gasteiger partial charge on any atom is -0.0622 e. The average molecular weight is 749 g/mol. The van der Waals surface area contributed by atoms with Crippen LogP contribution in [-0.2, 0) is 0 Å². The smallest absolute Gasteiger partial charge is 0.0358 e. The molecule has 0 heteroatoms. The average Bonchev–Trinajstić information content (AvgIpc) is 3.67. The molecule has 276 valence electrons. The predicted octanol–water partition coefficient (Wildman–Crippen LogP) is 15.8. The molecule has 0 radical (unpaired) electrons. The second kappa shape index (κ2) is 14.8. The van der Waals surface area contributed by atoms with Crippen LogP contribution >= 0.6 is 0 Å². The number of hydrogen-bond donors (Lipinski definition) is 0. The number of allylic oxidation sites excluding steroid dienone is 1. The highest BCUT2D eigenvalue weighted by atomic mass is 14.4. The molecule has 1 atom stereocenters. The van der Waals surface area contributed by atoms with Gasteiger partial charge >= 0.3 is 0 Å². The van der Waals surface area contributed by atoms with E-state index >= 15 is 0 Å². The Bertz CT molecular complexity index is 3140. The molecule has 0 bridgehead atoms. The molecule has 0 amide bonds. The highest BCUT2D eigenvalue weighted by Crippen LogP contribution is 2.54. The van der Waals surface area contributed by atoms with Crippen molar-refractivity contribution in [3.8, 4) is 44.5 Å². The van der Waals surface area contributed by atoms with Gasteiger partial charge in [-0.15, -0.1) is 0 Å². The Morgan fingerprint density at radius 3 is 1.20 bits per heavy atom. The van der Waals surface area contributed by atoms with Gasteiger partial charge in [0, 0.05) is 5.92 Å². The van der Waals surface area contributed by atoms with Crippen LogP contribution in [0.4, 0.5) is 0 Å². The van der Waals surface area contributed by atoms with Crippen molar-refractivity contribution >= 4 is 32.7 Å². The van der Waals surface area contributed by atoms with Crippen LogP contribution in [-0.4, -0.2) is 0 Å². The normalized spacial score (nSPS) is 13.5. The van der Waals surface area contributed by atoms with Crippen LogP contribution in [0.15, 0.2) is 237 Å². The molecule has 0 fully saturated rings. The van der Waals surface area contributed by atoms with Crippen LogP contribution in [0.2, 0.25) is 0 Å². The van der Waals surface area contributed by atoms with Crippen LogP contribution in [0.1, 0.15) is 33.7 Å². The predicted molar refractivity (Wildman–Crippen MR) is 250 cm³/mol. The zero-order chi connectivity index (χ0) is 39.1. The maximum atomic E-state index is 2.50. The fraction of sp³-hybridized carbons (Fsp3) is 0.0169. The van der Waals surface area contributed by atoms with Gasteiger partial charge in [-0.25, -0.2) is 0 Å². The van der Waals surface area contributed by atoms with E-state index in [1.165, 1.54) is 105 Å². The monoisotopic (exact) mass is 748 g/mol. The third kappa shape index (κ3) is 6.09. The Balaban J connectivity index is 1.20. The lowest BCUT2D eigenvalue weighted by Crippen LogP contribution is -2.02. The lowest BCUT2D eigenvalue weighted by molar-refractivity contribution is 1.07. The second-order valence-electron chi connectivity index (χ2n) is 15.5. The van der Waals surface area contributed by atoms with Crippen molar-refractivity contribution in [2.24, 2.45) is 0 Å². The van der Waals surface area contributed by atoms with Crippen LogP contribution in [0, 0.1) is 0 Å². The van der Waals surface area contributed by atoms with E-state index in [0.29, 0.717) is 0 Å². The van der Waals surface area contributed by atoms with Gasteiger partial charge in [0.25, 0.3) is 0 Å². The van der Waals surface area contributed by atoms with Gasteiger partial charge in [0.15, 0.2) is 0 Å². The summed E-state index contributed by atoms with van der Waals surface area (Å²) in [5.41, 5.74) is 18.9. The summed E-state index contributed by atoms with van der Waals surface area (Å²) in [5.74, 6) is 0.0825. The zero-order valence-electron chi connectivity index (χ0n) is 32.6. The summed E-state index contributed by atoms with van der Waals surface area (Å²) < 4.78 is 0.